The highest BCUT2D eigenvalue weighted by molar-refractivity contribution is 9.10. The zero-order valence-electron chi connectivity index (χ0n) is 10.8. The minimum Gasteiger partial charge on any atom is -0.478 e. The fraction of sp³-hybridized carbons (Fsp3) is 0.462. The van der Waals surface area contributed by atoms with Crippen LogP contribution < -0.4 is 10.1 Å². The number of nitrogens with one attached hydrogen (secondary N) is 1. The second-order valence-corrected chi connectivity index (χ2v) is 4.66. The van der Waals surface area contributed by atoms with E-state index >= 15 is 0 Å². The maximum absolute atomic E-state index is 11.5. The van der Waals surface area contributed by atoms with Gasteiger partial charge in [0.15, 0.2) is 6.10 Å². The van der Waals surface area contributed by atoms with Crippen LogP contribution >= 0.6 is 15.9 Å². The summed E-state index contributed by atoms with van der Waals surface area (Å²) in [6, 6.07) is 5.75. The molecule has 0 aliphatic heterocycles. The van der Waals surface area contributed by atoms with Crippen molar-refractivity contribution in [3.8, 4) is 5.75 Å². The largest absolute Gasteiger partial charge is 0.478 e. The molecule has 5 heteroatoms. The molecule has 0 saturated heterocycles. The first-order valence-corrected chi connectivity index (χ1v) is 6.64. The molecule has 0 fully saturated rings. The number of carbonyl (C=O) groups excluding carboxylic acids is 1. The van der Waals surface area contributed by atoms with Crippen molar-refractivity contribution in [1.29, 1.82) is 0 Å². The van der Waals surface area contributed by atoms with Gasteiger partial charge in [-0.2, -0.15) is 0 Å². The molecule has 1 unspecified atom stereocenters. The lowest BCUT2D eigenvalue weighted by Crippen LogP contribution is -2.26. The standard InChI is InChI=1S/C13H18BrNO3/c1-4-17-13(16)9(2)18-12-6-5-10(8-15-3)7-11(12)14/h5-7,9,15H,4,8H2,1-3H3. The lowest BCUT2D eigenvalue weighted by Gasteiger charge is -2.15. The highest BCUT2D eigenvalue weighted by Crippen LogP contribution is 2.27. The quantitative estimate of drug-likeness (QED) is 0.819. The van der Waals surface area contributed by atoms with Gasteiger partial charge in [-0.05, 0) is 54.5 Å². The first-order valence-electron chi connectivity index (χ1n) is 5.84. The Morgan fingerprint density at radius 2 is 2.22 bits per heavy atom. The number of rotatable bonds is 6. The Labute approximate surface area is 116 Å². The predicted molar refractivity (Wildman–Crippen MR) is 73.6 cm³/mol. The van der Waals surface area contributed by atoms with Gasteiger partial charge in [0, 0.05) is 6.54 Å². The van der Waals surface area contributed by atoms with Gasteiger partial charge < -0.3 is 14.8 Å². The van der Waals surface area contributed by atoms with Gasteiger partial charge in [0.2, 0.25) is 0 Å². The third-order valence-corrected chi connectivity index (χ3v) is 2.92. The average molecular weight is 316 g/mol. The van der Waals surface area contributed by atoms with Crippen LogP contribution in [0.25, 0.3) is 0 Å². The number of halogens is 1. The van der Waals surface area contributed by atoms with E-state index < -0.39 is 6.10 Å². The summed E-state index contributed by atoms with van der Waals surface area (Å²) in [6.45, 7) is 4.58. The van der Waals surface area contributed by atoms with E-state index in [0.29, 0.717) is 12.4 Å². The predicted octanol–water partition coefficient (Wildman–Crippen LogP) is 2.50. The van der Waals surface area contributed by atoms with Crippen LogP contribution in [0, 0.1) is 0 Å². The van der Waals surface area contributed by atoms with Crippen LogP contribution in [0.1, 0.15) is 19.4 Å². The molecule has 1 rings (SSSR count). The lowest BCUT2D eigenvalue weighted by molar-refractivity contribution is -0.150. The molecule has 0 aromatic heterocycles. The molecule has 0 spiro atoms. The van der Waals surface area contributed by atoms with Crippen molar-refractivity contribution in [2.45, 2.75) is 26.5 Å². The first kappa shape index (κ1) is 15.0. The van der Waals surface area contributed by atoms with Crippen LogP contribution in [0.3, 0.4) is 0 Å². The van der Waals surface area contributed by atoms with Gasteiger partial charge in [-0.15, -0.1) is 0 Å². The lowest BCUT2D eigenvalue weighted by atomic mass is 10.2. The number of benzene rings is 1. The van der Waals surface area contributed by atoms with E-state index in [-0.39, 0.29) is 5.97 Å². The monoisotopic (exact) mass is 315 g/mol. The van der Waals surface area contributed by atoms with E-state index in [4.69, 9.17) is 9.47 Å². The van der Waals surface area contributed by atoms with Gasteiger partial charge in [0.05, 0.1) is 11.1 Å². The Morgan fingerprint density at radius 3 is 2.78 bits per heavy atom. The van der Waals surface area contributed by atoms with E-state index in [1.54, 1.807) is 13.8 Å². The summed E-state index contributed by atoms with van der Waals surface area (Å²) in [4.78, 5) is 11.5. The third-order valence-electron chi connectivity index (χ3n) is 2.30. The molecule has 0 radical (unpaired) electrons. The van der Waals surface area contributed by atoms with Crippen molar-refractivity contribution in [3.05, 3.63) is 28.2 Å². The fourth-order valence-corrected chi connectivity index (χ4v) is 1.97. The van der Waals surface area contributed by atoms with Crippen molar-refractivity contribution < 1.29 is 14.3 Å². The third kappa shape index (κ3) is 4.31. The van der Waals surface area contributed by atoms with Gasteiger partial charge in [-0.25, -0.2) is 4.79 Å². The normalized spacial score (nSPS) is 12.0. The molecular formula is C13H18BrNO3. The number of ether oxygens (including phenoxy) is 2. The molecule has 0 saturated carbocycles. The van der Waals surface area contributed by atoms with Crippen molar-refractivity contribution in [3.63, 3.8) is 0 Å². The maximum Gasteiger partial charge on any atom is 0.347 e. The van der Waals surface area contributed by atoms with E-state index in [2.05, 4.69) is 21.2 Å². The van der Waals surface area contributed by atoms with Crippen LogP contribution in [-0.2, 0) is 16.1 Å². The summed E-state index contributed by atoms with van der Waals surface area (Å²) in [5.74, 6) is 0.277. The summed E-state index contributed by atoms with van der Waals surface area (Å²) in [5, 5.41) is 3.07. The van der Waals surface area contributed by atoms with Crippen LogP contribution in [-0.4, -0.2) is 25.7 Å². The summed E-state index contributed by atoms with van der Waals surface area (Å²) in [6.07, 6.45) is -0.614. The summed E-state index contributed by atoms with van der Waals surface area (Å²) in [7, 11) is 1.89. The number of esters is 1. The van der Waals surface area contributed by atoms with E-state index in [0.717, 1.165) is 16.6 Å². The smallest absolute Gasteiger partial charge is 0.347 e. The van der Waals surface area contributed by atoms with Crippen molar-refractivity contribution in [2.75, 3.05) is 13.7 Å². The van der Waals surface area contributed by atoms with E-state index in [9.17, 15) is 4.79 Å². The van der Waals surface area contributed by atoms with E-state index in [1.165, 1.54) is 0 Å². The van der Waals surface area contributed by atoms with Crippen molar-refractivity contribution >= 4 is 21.9 Å². The summed E-state index contributed by atoms with van der Waals surface area (Å²) < 4.78 is 11.3. The Bertz CT molecular complexity index is 409. The maximum atomic E-state index is 11.5. The molecule has 1 aromatic rings. The Balaban J connectivity index is 2.70. The Hall–Kier alpha value is -1.07. The molecule has 0 aliphatic rings. The molecule has 4 nitrogen and oxygen atoms in total. The molecule has 1 aromatic carbocycles. The summed E-state index contributed by atoms with van der Waals surface area (Å²) >= 11 is 3.43. The highest BCUT2D eigenvalue weighted by atomic mass is 79.9. The molecule has 0 heterocycles. The van der Waals surface area contributed by atoms with Gasteiger partial charge >= 0.3 is 5.97 Å². The van der Waals surface area contributed by atoms with Gasteiger partial charge in [0.25, 0.3) is 0 Å². The second kappa shape index (κ2) is 7.38. The zero-order valence-corrected chi connectivity index (χ0v) is 12.4. The van der Waals surface area contributed by atoms with Crippen molar-refractivity contribution in [1.82, 2.24) is 5.32 Å². The minimum atomic E-state index is -0.614. The topological polar surface area (TPSA) is 47.6 Å². The molecule has 100 valence electrons. The van der Waals surface area contributed by atoms with E-state index in [1.807, 2.05) is 25.2 Å². The minimum absolute atomic E-state index is 0.356. The van der Waals surface area contributed by atoms with Crippen molar-refractivity contribution in [2.24, 2.45) is 0 Å². The van der Waals surface area contributed by atoms with Gasteiger partial charge in [-0.1, -0.05) is 6.07 Å². The summed E-state index contributed by atoms with van der Waals surface area (Å²) in [5.41, 5.74) is 1.14. The SMILES string of the molecule is CCOC(=O)C(C)Oc1ccc(CNC)cc1Br. The highest BCUT2D eigenvalue weighted by Gasteiger charge is 2.16. The fourth-order valence-electron chi connectivity index (χ4n) is 1.45. The molecule has 0 bridgehead atoms. The van der Waals surface area contributed by atoms with Crippen LogP contribution in [0.5, 0.6) is 5.75 Å². The molecule has 18 heavy (non-hydrogen) atoms. The molecule has 0 aliphatic carbocycles. The zero-order chi connectivity index (χ0) is 13.5. The van der Waals surface area contributed by atoms with Gasteiger partial charge in [0.1, 0.15) is 5.75 Å². The Morgan fingerprint density at radius 1 is 1.50 bits per heavy atom. The molecule has 1 N–H and O–H groups in total. The van der Waals surface area contributed by atoms with Crippen LogP contribution in [0.4, 0.5) is 0 Å². The van der Waals surface area contributed by atoms with Gasteiger partial charge in [-0.3, -0.25) is 0 Å². The Kier molecular flexibility index (Phi) is 6.15. The number of carbonyl (C=O) groups is 1. The average Bonchev–Trinajstić information content (AvgIpc) is 2.33. The van der Waals surface area contributed by atoms with Crippen LogP contribution in [0.15, 0.2) is 22.7 Å². The number of hydrogen-bond donors (Lipinski definition) is 1. The second-order valence-electron chi connectivity index (χ2n) is 3.81. The first-order chi connectivity index (χ1) is 8.58. The molecule has 0 amide bonds. The molecular weight excluding hydrogens is 298 g/mol. The number of hydrogen-bond acceptors (Lipinski definition) is 4. The van der Waals surface area contributed by atoms with Crippen LogP contribution in [0.2, 0.25) is 0 Å². The molecule has 1 atom stereocenters.